The quantitative estimate of drug-likeness (QED) is 0.732. The number of piperidine rings is 1. The molecule has 0 aliphatic carbocycles. The number of alkyl halides is 1. The standard InChI is InChI=1S/C14H17Cl2N/c15-11-7-12-5-6-13(8-11)17(12)9-10-3-1-2-4-14(10)16/h1-4,11-13H,5-9H2. The van der Waals surface area contributed by atoms with Crippen molar-refractivity contribution in [2.45, 2.75) is 49.7 Å². The zero-order valence-corrected chi connectivity index (χ0v) is 11.3. The van der Waals surface area contributed by atoms with Gasteiger partial charge in [-0.15, -0.1) is 11.6 Å². The highest BCUT2D eigenvalue weighted by atomic mass is 35.5. The zero-order chi connectivity index (χ0) is 11.8. The van der Waals surface area contributed by atoms with Gasteiger partial charge in [0.2, 0.25) is 0 Å². The molecular weight excluding hydrogens is 253 g/mol. The Bertz CT molecular complexity index is 393. The van der Waals surface area contributed by atoms with Crippen molar-refractivity contribution < 1.29 is 0 Å². The van der Waals surface area contributed by atoms with Crippen LogP contribution < -0.4 is 0 Å². The molecule has 2 aliphatic rings. The second kappa shape index (κ2) is 4.79. The van der Waals surface area contributed by atoms with Crippen LogP contribution in [-0.4, -0.2) is 22.4 Å². The molecule has 0 saturated carbocycles. The van der Waals surface area contributed by atoms with Gasteiger partial charge >= 0.3 is 0 Å². The van der Waals surface area contributed by atoms with Crippen LogP contribution in [0.1, 0.15) is 31.2 Å². The Kier molecular flexibility index (Phi) is 3.34. The molecule has 2 aliphatic heterocycles. The van der Waals surface area contributed by atoms with Gasteiger partial charge in [-0.1, -0.05) is 29.8 Å². The van der Waals surface area contributed by atoms with Gasteiger partial charge in [-0.25, -0.2) is 0 Å². The van der Waals surface area contributed by atoms with Gasteiger partial charge in [-0.05, 0) is 37.3 Å². The molecular formula is C14H17Cl2N. The number of hydrogen-bond donors (Lipinski definition) is 0. The van der Waals surface area contributed by atoms with Crippen molar-refractivity contribution in [3.8, 4) is 0 Å². The van der Waals surface area contributed by atoms with Crippen molar-refractivity contribution in [2.24, 2.45) is 0 Å². The van der Waals surface area contributed by atoms with Crippen LogP contribution in [0.15, 0.2) is 24.3 Å². The molecule has 92 valence electrons. The Morgan fingerprint density at radius 3 is 2.41 bits per heavy atom. The molecule has 2 atom stereocenters. The summed E-state index contributed by atoms with van der Waals surface area (Å²) >= 11 is 12.5. The fraction of sp³-hybridized carbons (Fsp3) is 0.571. The van der Waals surface area contributed by atoms with E-state index in [0.717, 1.165) is 24.4 Å². The lowest BCUT2D eigenvalue weighted by molar-refractivity contribution is 0.134. The lowest BCUT2D eigenvalue weighted by atomic mass is 10.0. The van der Waals surface area contributed by atoms with Crippen molar-refractivity contribution in [3.63, 3.8) is 0 Å². The zero-order valence-electron chi connectivity index (χ0n) is 9.78. The molecule has 1 nitrogen and oxygen atoms in total. The molecule has 2 saturated heterocycles. The van der Waals surface area contributed by atoms with Crippen LogP contribution in [0.2, 0.25) is 5.02 Å². The van der Waals surface area contributed by atoms with E-state index in [1.807, 2.05) is 12.1 Å². The van der Waals surface area contributed by atoms with Gasteiger partial charge in [-0.3, -0.25) is 4.90 Å². The Labute approximate surface area is 113 Å². The largest absolute Gasteiger partial charge is 0.293 e. The first-order chi connectivity index (χ1) is 8.24. The highest BCUT2D eigenvalue weighted by molar-refractivity contribution is 6.31. The molecule has 2 bridgehead atoms. The van der Waals surface area contributed by atoms with Crippen molar-refractivity contribution in [2.75, 3.05) is 0 Å². The first-order valence-corrected chi connectivity index (χ1v) is 7.18. The molecule has 2 fully saturated rings. The van der Waals surface area contributed by atoms with E-state index >= 15 is 0 Å². The lowest BCUT2D eigenvalue weighted by Crippen LogP contribution is -2.42. The van der Waals surface area contributed by atoms with Crippen molar-refractivity contribution >= 4 is 23.2 Å². The summed E-state index contributed by atoms with van der Waals surface area (Å²) in [5, 5.41) is 1.27. The second-order valence-electron chi connectivity index (χ2n) is 5.22. The summed E-state index contributed by atoms with van der Waals surface area (Å²) in [4.78, 5) is 2.61. The van der Waals surface area contributed by atoms with Crippen molar-refractivity contribution in [3.05, 3.63) is 34.9 Å². The molecule has 2 unspecified atom stereocenters. The fourth-order valence-electron chi connectivity index (χ4n) is 3.29. The van der Waals surface area contributed by atoms with Gasteiger partial charge in [-0.2, -0.15) is 0 Å². The number of halogens is 2. The van der Waals surface area contributed by atoms with Crippen LogP contribution in [0.3, 0.4) is 0 Å². The smallest absolute Gasteiger partial charge is 0.0451 e. The van der Waals surface area contributed by atoms with Gasteiger partial charge in [0.25, 0.3) is 0 Å². The minimum Gasteiger partial charge on any atom is -0.293 e. The molecule has 0 radical (unpaired) electrons. The highest BCUT2D eigenvalue weighted by Gasteiger charge is 2.39. The first-order valence-electron chi connectivity index (χ1n) is 6.37. The lowest BCUT2D eigenvalue weighted by Gasteiger charge is -2.37. The third-order valence-corrected chi connectivity index (χ3v) is 4.86. The molecule has 0 spiro atoms. The van der Waals surface area contributed by atoms with E-state index < -0.39 is 0 Å². The molecule has 0 aromatic heterocycles. The average molecular weight is 270 g/mol. The molecule has 1 aromatic carbocycles. The second-order valence-corrected chi connectivity index (χ2v) is 6.24. The maximum atomic E-state index is 6.29. The predicted molar refractivity (Wildman–Crippen MR) is 72.7 cm³/mol. The summed E-state index contributed by atoms with van der Waals surface area (Å²) in [6.45, 7) is 0.985. The fourth-order valence-corrected chi connectivity index (χ4v) is 3.90. The molecule has 3 rings (SSSR count). The molecule has 1 aromatic rings. The summed E-state index contributed by atoms with van der Waals surface area (Å²) in [5.41, 5.74) is 1.25. The summed E-state index contributed by atoms with van der Waals surface area (Å²) in [6, 6.07) is 9.52. The Morgan fingerprint density at radius 1 is 1.12 bits per heavy atom. The van der Waals surface area contributed by atoms with E-state index in [0.29, 0.717) is 17.5 Å². The summed E-state index contributed by atoms with van der Waals surface area (Å²) < 4.78 is 0. The van der Waals surface area contributed by atoms with Gasteiger partial charge in [0, 0.05) is 29.0 Å². The van der Waals surface area contributed by atoms with Crippen LogP contribution in [0.25, 0.3) is 0 Å². The van der Waals surface area contributed by atoms with E-state index in [9.17, 15) is 0 Å². The number of rotatable bonds is 2. The predicted octanol–water partition coefficient (Wildman–Crippen LogP) is 4.07. The summed E-state index contributed by atoms with van der Waals surface area (Å²) in [7, 11) is 0. The Hall–Kier alpha value is -0.240. The minimum atomic E-state index is 0.384. The molecule has 3 heteroatoms. The van der Waals surface area contributed by atoms with E-state index in [4.69, 9.17) is 23.2 Å². The van der Waals surface area contributed by atoms with E-state index in [-0.39, 0.29) is 0 Å². The van der Waals surface area contributed by atoms with E-state index in [1.54, 1.807) is 0 Å². The summed E-state index contributed by atoms with van der Waals surface area (Å²) in [5.74, 6) is 0. The third-order valence-electron chi connectivity index (χ3n) is 4.14. The number of benzene rings is 1. The topological polar surface area (TPSA) is 3.24 Å². The highest BCUT2D eigenvalue weighted by Crippen LogP contribution is 2.39. The molecule has 2 heterocycles. The van der Waals surface area contributed by atoms with Crippen molar-refractivity contribution in [1.29, 1.82) is 0 Å². The SMILES string of the molecule is Clc1ccccc1CN1C2CCC1CC(Cl)C2. The minimum absolute atomic E-state index is 0.384. The maximum absolute atomic E-state index is 6.29. The molecule has 0 amide bonds. The van der Waals surface area contributed by atoms with E-state index in [1.165, 1.54) is 18.4 Å². The van der Waals surface area contributed by atoms with Crippen LogP contribution in [0.4, 0.5) is 0 Å². The van der Waals surface area contributed by atoms with Crippen LogP contribution in [0.5, 0.6) is 0 Å². The third kappa shape index (κ3) is 2.33. The number of nitrogens with zero attached hydrogens (tertiary/aromatic N) is 1. The normalized spacial score (nSPS) is 32.9. The Morgan fingerprint density at radius 2 is 1.76 bits per heavy atom. The van der Waals surface area contributed by atoms with Gasteiger partial charge < -0.3 is 0 Å². The summed E-state index contributed by atoms with van der Waals surface area (Å²) in [6.07, 6.45) is 4.89. The van der Waals surface area contributed by atoms with E-state index in [2.05, 4.69) is 17.0 Å². The van der Waals surface area contributed by atoms with Gasteiger partial charge in [0.15, 0.2) is 0 Å². The molecule has 17 heavy (non-hydrogen) atoms. The van der Waals surface area contributed by atoms with Crippen LogP contribution in [0, 0.1) is 0 Å². The number of hydrogen-bond acceptors (Lipinski definition) is 1. The average Bonchev–Trinajstić information content (AvgIpc) is 2.56. The van der Waals surface area contributed by atoms with Crippen LogP contribution in [-0.2, 0) is 6.54 Å². The van der Waals surface area contributed by atoms with Gasteiger partial charge in [0.05, 0.1) is 0 Å². The molecule has 0 N–H and O–H groups in total. The van der Waals surface area contributed by atoms with Gasteiger partial charge in [0.1, 0.15) is 0 Å². The number of fused-ring (bicyclic) bond motifs is 2. The first kappa shape index (κ1) is 11.8. The Balaban J connectivity index is 1.76. The maximum Gasteiger partial charge on any atom is 0.0451 e. The van der Waals surface area contributed by atoms with Crippen LogP contribution >= 0.6 is 23.2 Å². The van der Waals surface area contributed by atoms with Crippen molar-refractivity contribution in [1.82, 2.24) is 4.90 Å². The monoisotopic (exact) mass is 269 g/mol.